The molecular weight excluding hydrogens is 216 g/mol. The summed E-state index contributed by atoms with van der Waals surface area (Å²) in [6.07, 6.45) is 9.81. The van der Waals surface area contributed by atoms with Crippen LogP contribution >= 0.6 is 0 Å². The fourth-order valence-electron chi connectivity index (χ4n) is 1.85. The quantitative estimate of drug-likeness (QED) is 0.752. The molecule has 0 fully saturated rings. The minimum atomic E-state index is -0.364. The maximum atomic E-state index is 11.4. The van der Waals surface area contributed by atoms with Crippen LogP contribution in [0.4, 0.5) is 0 Å². The fourth-order valence-corrected chi connectivity index (χ4v) is 1.85. The van der Waals surface area contributed by atoms with E-state index in [0.717, 1.165) is 18.7 Å². The van der Waals surface area contributed by atoms with Gasteiger partial charge < -0.3 is 4.74 Å². The lowest BCUT2D eigenvalue weighted by Crippen LogP contribution is -2.07. The minimum absolute atomic E-state index is 0.364. The van der Waals surface area contributed by atoms with Gasteiger partial charge in [-0.25, -0.2) is 14.8 Å². The van der Waals surface area contributed by atoms with Gasteiger partial charge in [0.05, 0.1) is 12.2 Å². The summed E-state index contributed by atoms with van der Waals surface area (Å²) in [4.78, 5) is 19.9. The third-order valence-corrected chi connectivity index (χ3v) is 2.74. The van der Waals surface area contributed by atoms with Gasteiger partial charge in [0.1, 0.15) is 0 Å². The Hall–Kier alpha value is -1.71. The van der Waals surface area contributed by atoms with E-state index in [4.69, 9.17) is 4.74 Å². The van der Waals surface area contributed by atoms with Gasteiger partial charge in [-0.1, -0.05) is 6.08 Å². The Morgan fingerprint density at radius 2 is 2.12 bits per heavy atom. The average Bonchev–Trinajstić information content (AvgIpc) is 2.40. The van der Waals surface area contributed by atoms with Crippen LogP contribution in [0.25, 0.3) is 5.57 Å². The molecule has 0 N–H and O–H groups in total. The third-order valence-electron chi connectivity index (χ3n) is 2.74. The summed E-state index contributed by atoms with van der Waals surface area (Å²) < 4.78 is 4.88. The first-order chi connectivity index (χ1) is 8.31. The van der Waals surface area contributed by atoms with Gasteiger partial charge in [0.25, 0.3) is 0 Å². The topological polar surface area (TPSA) is 52.1 Å². The van der Waals surface area contributed by atoms with E-state index < -0.39 is 0 Å². The van der Waals surface area contributed by atoms with E-state index >= 15 is 0 Å². The maximum absolute atomic E-state index is 11.4. The molecule has 0 amide bonds. The predicted octanol–water partition coefficient (Wildman–Crippen LogP) is 2.61. The summed E-state index contributed by atoms with van der Waals surface area (Å²) in [6, 6.07) is 0. The van der Waals surface area contributed by atoms with Gasteiger partial charge in [-0.2, -0.15) is 0 Å². The predicted molar refractivity (Wildman–Crippen MR) is 64.4 cm³/mol. The summed E-state index contributed by atoms with van der Waals surface area (Å²) in [5.74, 6) is 0.370. The van der Waals surface area contributed by atoms with Gasteiger partial charge in [-0.3, -0.25) is 0 Å². The van der Waals surface area contributed by atoms with Gasteiger partial charge in [0.2, 0.25) is 0 Å². The van der Waals surface area contributed by atoms with E-state index in [0.29, 0.717) is 12.2 Å². The molecule has 0 aromatic carbocycles. The van der Waals surface area contributed by atoms with Crippen molar-refractivity contribution in [1.29, 1.82) is 0 Å². The van der Waals surface area contributed by atoms with Crippen molar-refractivity contribution in [2.45, 2.75) is 32.6 Å². The molecule has 0 unspecified atom stereocenters. The zero-order valence-corrected chi connectivity index (χ0v) is 9.98. The summed E-state index contributed by atoms with van der Waals surface area (Å²) in [7, 11) is 0. The van der Waals surface area contributed by atoms with Gasteiger partial charge in [0, 0.05) is 12.4 Å². The van der Waals surface area contributed by atoms with Crippen LogP contribution in [0.2, 0.25) is 0 Å². The number of hydrogen-bond acceptors (Lipinski definition) is 4. The first-order valence-corrected chi connectivity index (χ1v) is 6.00. The summed E-state index contributed by atoms with van der Waals surface area (Å²) in [5.41, 5.74) is 1.60. The van der Waals surface area contributed by atoms with E-state index in [-0.39, 0.29) is 5.97 Å². The Labute approximate surface area is 101 Å². The van der Waals surface area contributed by atoms with Crippen molar-refractivity contribution in [3.8, 4) is 0 Å². The molecule has 1 aliphatic rings. The second kappa shape index (κ2) is 5.57. The molecular formula is C13H16N2O2. The van der Waals surface area contributed by atoms with Gasteiger partial charge in [-0.15, -0.1) is 0 Å². The number of hydrogen-bond donors (Lipinski definition) is 0. The van der Waals surface area contributed by atoms with Crippen LogP contribution in [-0.2, 0) is 4.74 Å². The Balaban J connectivity index is 2.12. The number of esters is 1. The van der Waals surface area contributed by atoms with Crippen LogP contribution < -0.4 is 0 Å². The van der Waals surface area contributed by atoms with E-state index in [1.807, 2.05) is 0 Å². The second-order valence-corrected chi connectivity index (χ2v) is 3.99. The van der Waals surface area contributed by atoms with E-state index in [1.54, 1.807) is 6.92 Å². The molecule has 0 saturated heterocycles. The molecule has 1 aromatic rings. The van der Waals surface area contributed by atoms with Crippen molar-refractivity contribution in [1.82, 2.24) is 9.97 Å². The standard InChI is InChI=1S/C13H16N2O2/c1-2-17-13(16)11-8-14-12(15-9-11)10-6-4-3-5-7-10/h6,8-9H,2-5,7H2,1H3. The Morgan fingerprint density at radius 3 is 2.71 bits per heavy atom. The highest BCUT2D eigenvalue weighted by Crippen LogP contribution is 2.23. The van der Waals surface area contributed by atoms with Crippen molar-refractivity contribution in [3.05, 3.63) is 29.9 Å². The number of carbonyl (C=O) groups is 1. The first-order valence-electron chi connectivity index (χ1n) is 6.00. The smallest absolute Gasteiger partial charge is 0.341 e. The summed E-state index contributed by atoms with van der Waals surface area (Å²) in [6.45, 7) is 2.14. The number of ether oxygens (including phenoxy) is 1. The van der Waals surface area contributed by atoms with Crippen LogP contribution in [0.3, 0.4) is 0 Å². The first kappa shape index (κ1) is 11.8. The molecule has 17 heavy (non-hydrogen) atoms. The summed E-state index contributed by atoms with van der Waals surface area (Å²) >= 11 is 0. The zero-order valence-electron chi connectivity index (χ0n) is 9.98. The maximum Gasteiger partial charge on any atom is 0.341 e. The third kappa shape index (κ3) is 2.90. The Morgan fingerprint density at radius 1 is 1.35 bits per heavy atom. The van der Waals surface area contributed by atoms with Crippen molar-refractivity contribution in [3.63, 3.8) is 0 Å². The number of nitrogens with zero attached hydrogens (tertiary/aromatic N) is 2. The molecule has 4 heteroatoms. The van der Waals surface area contributed by atoms with Crippen molar-refractivity contribution < 1.29 is 9.53 Å². The fraction of sp³-hybridized carbons (Fsp3) is 0.462. The molecule has 0 saturated carbocycles. The zero-order chi connectivity index (χ0) is 12.1. The van der Waals surface area contributed by atoms with Crippen LogP contribution in [0, 0.1) is 0 Å². The van der Waals surface area contributed by atoms with Gasteiger partial charge in [-0.05, 0) is 38.2 Å². The lowest BCUT2D eigenvalue weighted by Gasteiger charge is -2.11. The number of allylic oxidation sites excluding steroid dienone is 2. The van der Waals surface area contributed by atoms with Crippen LogP contribution in [-0.4, -0.2) is 22.5 Å². The molecule has 2 rings (SSSR count). The highest BCUT2D eigenvalue weighted by atomic mass is 16.5. The molecule has 0 radical (unpaired) electrons. The SMILES string of the molecule is CCOC(=O)c1cnc(C2=CCCCC2)nc1. The average molecular weight is 232 g/mol. The van der Waals surface area contributed by atoms with E-state index in [2.05, 4.69) is 16.0 Å². The number of carbonyl (C=O) groups excluding carboxylic acids is 1. The van der Waals surface area contributed by atoms with Crippen LogP contribution in [0.5, 0.6) is 0 Å². The highest BCUT2D eigenvalue weighted by molar-refractivity contribution is 5.88. The molecule has 4 nitrogen and oxygen atoms in total. The van der Waals surface area contributed by atoms with Crippen molar-refractivity contribution in [2.75, 3.05) is 6.61 Å². The monoisotopic (exact) mass is 232 g/mol. The minimum Gasteiger partial charge on any atom is -0.462 e. The highest BCUT2D eigenvalue weighted by Gasteiger charge is 2.11. The molecule has 1 heterocycles. The Bertz CT molecular complexity index is 424. The van der Waals surface area contributed by atoms with Gasteiger partial charge in [0.15, 0.2) is 5.82 Å². The molecule has 0 spiro atoms. The van der Waals surface area contributed by atoms with Gasteiger partial charge >= 0.3 is 5.97 Å². The lowest BCUT2D eigenvalue weighted by molar-refractivity contribution is 0.0525. The summed E-state index contributed by atoms with van der Waals surface area (Å²) in [5, 5.41) is 0. The lowest BCUT2D eigenvalue weighted by atomic mass is 9.99. The van der Waals surface area contributed by atoms with E-state index in [1.165, 1.54) is 30.8 Å². The Kier molecular flexibility index (Phi) is 3.85. The van der Waals surface area contributed by atoms with E-state index in [9.17, 15) is 4.79 Å². The molecule has 90 valence electrons. The molecule has 0 atom stereocenters. The molecule has 1 aliphatic carbocycles. The number of rotatable bonds is 3. The van der Waals surface area contributed by atoms with Crippen molar-refractivity contribution >= 4 is 11.5 Å². The van der Waals surface area contributed by atoms with Crippen LogP contribution in [0.15, 0.2) is 18.5 Å². The van der Waals surface area contributed by atoms with Crippen LogP contribution in [0.1, 0.15) is 48.8 Å². The second-order valence-electron chi connectivity index (χ2n) is 3.99. The molecule has 1 aromatic heterocycles. The normalized spacial score (nSPS) is 15.2. The molecule has 0 aliphatic heterocycles. The van der Waals surface area contributed by atoms with Crippen molar-refractivity contribution in [2.24, 2.45) is 0 Å². The molecule has 0 bridgehead atoms. The number of aromatic nitrogens is 2. The largest absolute Gasteiger partial charge is 0.462 e.